The first kappa shape index (κ1) is 41.2. The van der Waals surface area contributed by atoms with Crippen LogP contribution in [0.2, 0.25) is 63.0 Å². The molecule has 0 aliphatic heterocycles. The minimum Gasteiger partial charge on any atom is -0.146 e. The van der Waals surface area contributed by atoms with Crippen LogP contribution in [-0.2, 0) is 38.5 Å². The lowest BCUT2D eigenvalue weighted by Crippen LogP contribution is -2.24. The molecule has 0 radical (unpaired) electrons. The largest absolute Gasteiger partial charge is 0.248 e. The van der Waals surface area contributed by atoms with E-state index in [1.165, 1.54) is 33.4 Å². The van der Waals surface area contributed by atoms with Crippen molar-refractivity contribution in [3.05, 3.63) is 33.4 Å². The number of hydrogen-bond donors (Lipinski definition) is 0. The SMILES string of the molecule is CCCCc1c(CC[Si](C)(Cl)Cl)c(CC[Si](C)(Cl)Cl)c(CC[Si](C)(Cl)Cl)c(CC[Si](C)(Cl)Cl)c1CC[Si](C)(Cl)Cl. The van der Waals surface area contributed by atoms with Crippen molar-refractivity contribution in [1.29, 1.82) is 0 Å². The summed E-state index contributed by atoms with van der Waals surface area (Å²) in [7, 11) is 0. The average molecular weight is 840 g/mol. The normalized spacial score (nSPS) is 13.8. The van der Waals surface area contributed by atoms with Crippen molar-refractivity contribution in [2.75, 3.05) is 0 Å². The molecule has 1 aromatic rings. The maximum atomic E-state index is 6.68. The molecule has 0 aromatic heterocycles. The maximum Gasteiger partial charge on any atom is 0.248 e. The summed E-state index contributed by atoms with van der Waals surface area (Å²) in [5, 5.41) is 0. The smallest absolute Gasteiger partial charge is 0.146 e. The molecule has 1 rings (SSSR count). The second kappa shape index (κ2) is 17.4. The zero-order chi connectivity index (χ0) is 31.2. The highest BCUT2D eigenvalue weighted by Crippen LogP contribution is 2.40. The summed E-state index contributed by atoms with van der Waals surface area (Å²) in [4.78, 5) is 0. The van der Waals surface area contributed by atoms with Crippen LogP contribution in [0.15, 0.2) is 0 Å². The molecule has 40 heavy (non-hydrogen) atoms. The van der Waals surface area contributed by atoms with E-state index in [2.05, 4.69) is 6.92 Å². The lowest BCUT2D eigenvalue weighted by molar-refractivity contribution is 0.765. The molecule has 0 fully saturated rings. The second-order valence-electron chi connectivity index (χ2n) is 11.8. The Balaban J connectivity index is 4.14. The third kappa shape index (κ3) is 17.8. The van der Waals surface area contributed by atoms with Gasteiger partial charge in [-0.15, -0.1) is 111 Å². The maximum absolute atomic E-state index is 6.68. The van der Waals surface area contributed by atoms with Crippen LogP contribution in [0.5, 0.6) is 0 Å². The van der Waals surface area contributed by atoms with E-state index in [0.29, 0.717) is 0 Å². The molecule has 0 atom stereocenters. The highest BCUT2D eigenvalue weighted by atomic mass is 35.7. The molecule has 0 unspecified atom stereocenters. The summed E-state index contributed by atoms with van der Waals surface area (Å²) in [6, 6.07) is 3.77. The van der Waals surface area contributed by atoms with Gasteiger partial charge in [0.2, 0.25) is 33.5 Å². The molecule has 0 spiro atoms. The van der Waals surface area contributed by atoms with Crippen LogP contribution in [0.4, 0.5) is 0 Å². The molecular formula is C25H44Cl10Si5. The Hall–Kier alpha value is 3.20. The highest BCUT2D eigenvalue weighted by molar-refractivity contribution is 7.46. The summed E-state index contributed by atoms with van der Waals surface area (Å²) in [6.07, 6.45) is 7.15. The Kier molecular flexibility index (Phi) is 17.9. The molecule has 0 aliphatic carbocycles. The van der Waals surface area contributed by atoms with E-state index >= 15 is 0 Å². The molecule has 15 heteroatoms. The number of hydrogen-bond acceptors (Lipinski definition) is 0. The molecule has 0 aliphatic rings. The third-order valence-corrected chi connectivity index (χ3v) is 18.3. The van der Waals surface area contributed by atoms with Gasteiger partial charge in [0.1, 0.15) is 0 Å². The van der Waals surface area contributed by atoms with Gasteiger partial charge in [-0.2, -0.15) is 0 Å². The van der Waals surface area contributed by atoms with E-state index in [1.807, 2.05) is 32.7 Å². The van der Waals surface area contributed by atoms with Crippen molar-refractivity contribution in [2.45, 2.75) is 121 Å². The predicted molar refractivity (Wildman–Crippen MR) is 204 cm³/mol. The van der Waals surface area contributed by atoms with Gasteiger partial charge in [0.25, 0.3) is 0 Å². The summed E-state index contributed by atoms with van der Waals surface area (Å²) >= 11 is 66.8. The lowest BCUT2D eigenvalue weighted by atomic mass is 9.80. The molecule has 0 bridgehead atoms. The average Bonchev–Trinajstić information content (AvgIpc) is 2.73. The van der Waals surface area contributed by atoms with Gasteiger partial charge in [-0.1, -0.05) is 13.3 Å². The van der Waals surface area contributed by atoms with Crippen molar-refractivity contribution in [2.24, 2.45) is 0 Å². The van der Waals surface area contributed by atoms with E-state index in [9.17, 15) is 0 Å². The minimum absolute atomic E-state index is 0.741. The lowest BCUT2D eigenvalue weighted by Gasteiger charge is -2.30. The number of halogens is 10. The molecule has 0 nitrogen and oxygen atoms in total. The molecular weight excluding hydrogens is 795 g/mol. The summed E-state index contributed by atoms with van der Waals surface area (Å²) in [6.45, 7) is 0.286. The van der Waals surface area contributed by atoms with Crippen molar-refractivity contribution < 1.29 is 0 Å². The van der Waals surface area contributed by atoms with Crippen molar-refractivity contribution in [3.8, 4) is 0 Å². The Labute approximate surface area is 295 Å². The van der Waals surface area contributed by atoms with Gasteiger partial charge in [-0.05, 0) is 141 Å². The van der Waals surface area contributed by atoms with Gasteiger partial charge in [0, 0.05) is 0 Å². The highest BCUT2D eigenvalue weighted by Gasteiger charge is 2.32. The topological polar surface area (TPSA) is 0 Å². The summed E-state index contributed by atoms with van der Waals surface area (Å²) in [5.74, 6) is 0. The van der Waals surface area contributed by atoms with Crippen molar-refractivity contribution >= 4 is 144 Å². The van der Waals surface area contributed by atoms with Gasteiger partial charge >= 0.3 is 0 Å². The van der Waals surface area contributed by atoms with Gasteiger partial charge in [-0.25, -0.2) is 0 Å². The van der Waals surface area contributed by atoms with Crippen LogP contribution >= 0.6 is 111 Å². The second-order valence-corrected chi connectivity index (χ2v) is 53.0. The van der Waals surface area contributed by atoms with E-state index in [-0.39, 0.29) is 0 Å². The fourth-order valence-corrected chi connectivity index (χ4v) is 11.3. The molecule has 0 heterocycles. The Morgan fingerprint density at radius 1 is 0.350 bits per heavy atom. The van der Waals surface area contributed by atoms with Crippen molar-refractivity contribution in [3.63, 3.8) is 0 Å². The molecule has 0 N–H and O–H groups in total. The number of rotatable bonds is 18. The standard InChI is InChI=1S/C25H44Cl10Si5/c1-7-8-9-20-21(10-15-36(2,26)27)23(12-17-38(4,30)31)25(14-19-40(6,34)35)24(13-18-39(5,32)33)22(20)11-16-37(3,28)29/h7-19H2,1-6H3. The van der Waals surface area contributed by atoms with E-state index in [0.717, 1.165) is 81.6 Å². The van der Waals surface area contributed by atoms with Crippen LogP contribution < -0.4 is 0 Å². The van der Waals surface area contributed by atoms with E-state index in [4.69, 9.17) is 111 Å². The van der Waals surface area contributed by atoms with Crippen LogP contribution in [-0.4, -0.2) is 33.5 Å². The summed E-state index contributed by atoms with van der Waals surface area (Å²) < 4.78 is 0. The van der Waals surface area contributed by atoms with Crippen LogP contribution in [0.3, 0.4) is 0 Å². The van der Waals surface area contributed by atoms with Crippen LogP contribution in [0.1, 0.15) is 53.1 Å². The fraction of sp³-hybridized carbons (Fsp3) is 0.760. The van der Waals surface area contributed by atoms with Gasteiger partial charge < -0.3 is 0 Å². The zero-order valence-corrected chi connectivity index (χ0v) is 37.0. The van der Waals surface area contributed by atoms with Crippen molar-refractivity contribution in [1.82, 2.24) is 0 Å². The fourth-order valence-electron chi connectivity index (χ4n) is 4.98. The molecule has 0 saturated carbocycles. The van der Waals surface area contributed by atoms with E-state index < -0.39 is 33.5 Å². The molecule has 0 amide bonds. The van der Waals surface area contributed by atoms with Gasteiger partial charge in [0.05, 0.1) is 0 Å². The quantitative estimate of drug-likeness (QED) is 0.102. The predicted octanol–water partition coefficient (Wildman–Crippen LogP) is 13.5. The van der Waals surface area contributed by atoms with Gasteiger partial charge in [-0.3, -0.25) is 0 Å². The van der Waals surface area contributed by atoms with Crippen LogP contribution in [0.25, 0.3) is 0 Å². The molecule has 234 valence electrons. The zero-order valence-electron chi connectivity index (χ0n) is 24.5. The first-order chi connectivity index (χ1) is 17.9. The van der Waals surface area contributed by atoms with E-state index in [1.54, 1.807) is 0 Å². The first-order valence-electron chi connectivity index (χ1n) is 14.0. The summed E-state index contributed by atoms with van der Waals surface area (Å²) in [5.41, 5.74) is 8.06. The number of benzene rings is 1. The Morgan fingerprint density at radius 3 is 0.675 bits per heavy atom. The van der Waals surface area contributed by atoms with Gasteiger partial charge in [0.15, 0.2) is 0 Å². The number of unbranched alkanes of at least 4 members (excludes halogenated alkanes) is 1. The van der Waals surface area contributed by atoms with Crippen LogP contribution in [0, 0.1) is 0 Å². The first-order valence-corrected chi connectivity index (χ1v) is 37.6. The monoisotopic (exact) mass is 834 g/mol. The molecule has 1 aromatic carbocycles. The molecule has 0 saturated heterocycles. The third-order valence-electron chi connectivity index (χ3n) is 7.04. The minimum atomic E-state index is -2.38. The Bertz CT molecular complexity index is 881. The Morgan fingerprint density at radius 2 is 0.525 bits per heavy atom.